The third kappa shape index (κ3) is 13.7. The molecule has 3 aliphatic rings. The van der Waals surface area contributed by atoms with Crippen LogP contribution in [0.3, 0.4) is 0 Å². The average molecular weight is 1280 g/mol. The van der Waals surface area contributed by atoms with Crippen LogP contribution in [0.25, 0.3) is 0 Å². The molecule has 24 heteroatoms. The molecule has 9 heterocycles. The smallest absolute Gasteiger partial charge is 0.187 e. The Bertz CT molecular complexity index is 3890. The molecule has 6 aromatic heterocycles. The standard InChI is InChI=1S/3C21H19Cl2N5O/c3*1-12-6-17-20(24)26-21(2,11-28(17)27-12)14-5-3-4-13(7-14)8-18(29)19-16(23)9-15(22)10-25-19/h3*3-7,9-10H,8,11H2,1-2H3,(H2,24,26). The maximum absolute atomic E-state index is 12.7. The van der Waals surface area contributed by atoms with Gasteiger partial charge in [-0.3, -0.25) is 43.4 Å². The van der Waals surface area contributed by atoms with E-state index in [1.165, 1.54) is 36.8 Å². The molecular weight excluding hydrogens is 1230 g/mol. The topological polar surface area (TPSA) is 258 Å². The molecule has 0 saturated carbocycles. The van der Waals surface area contributed by atoms with E-state index in [4.69, 9.17) is 102 Å². The van der Waals surface area contributed by atoms with Gasteiger partial charge in [-0.05, 0) is 111 Å². The zero-order valence-electron chi connectivity index (χ0n) is 48.0. The SMILES string of the molecule is Cc1cc2n(n1)CC(C)(c1cccc(CC(=O)c3ncc(Cl)cc3Cl)c1)N=C2N.Cc1cc2n(n1)CC(C)(c1cccc(CC(=O)c3ncc(Cl)cc3Cl)c1)N=C2N.Cc1cc2n(n1)CC(C)(c1cccc(CC(=O)c3ncc(Cl)cc3Cl)c1)N=C2N. The molecular formula is C63H57Cl6N15O3. The number of hydrogen-bond acceptors (Lipinski definition) is 15. The maximum Gasteiger partial charge on any atom is 0.187 e. The van der Waals surface area contributed by atoms with Crippen LogP contribution < -0.4 is 17.2 Å². The molecule has 0 aliphatic carbocycles. The minimum absolute atomic E-state index is 0.170. The van der Waals surface area contributed by atoms with Crippen LogP contribution in [0.5, 0.6) is 0 Å². The third-order valence-corrected chi connectivity index (χ3v) is 16.4. The zero-order valence-corrected chi connectivity index (χ0v) is 52.5. The minimum Gasteiger partial charge on any atom is -0.382 e. The number of carbonyl (C=O) groups excluding carboxylic acids is 3. The van der Waals surface area contributed by atoms with E-state index in [1.54, 1.807) is 0 Å². The second-order valence-corrected chi connectivity index (χ2v) is 24.7. The molecule has 0 amide bonds. The maximum atomic E-state index is 12.7. The number of ketones is 3. The van der Waals surface area contributed by atoms with Gasteiger partial charge in [0.15, 0.2) is 17.3 Å². The highest BCUT2D eigenvalue weighted by Gasteiger charge is 2.36. The van der Waals surface area contributed by atoms with Gasteiger partial charge in [-0.2, -0.15) is 15.3 Å². The quantitative estimate of drug-likeness (QED) is 0.0965. The molecule has 0 radical (unpaired) electrons. The molecule has 444 valence electrons. The number of aromatic nitrogens is 9. The first-order chi connectivity index (χ1) is 41.2. The molecule has 0 saturated heterocycles. The van der Waals surface area contributed by atoms with Crippen LogP contribution in [-0.2, 0) is 55.5 Å². The largest absolute Gasteiger partial charge is 0.382 e. The van der Waals surface area contributed by atoms with Crippen LogP contribution in [0.2, 0.25) is 30.1 Å². The van der Waals surface area contributed by atoms with Crippen molar-refractivity contribution in [3.05, 3.63) is 243 Å². The van der Waals surface area contributed by atoms with E-state index in [-0.39, 0.29) is 68.8 Å². The Kier molecular flexibility index (Phi) is 17.8. The summed E-state index contributed by atoms with van der Waals surface area (Å²) < 4.78 is 5.65. The van der Waals surface area contributed by atoms with Gasteiger partial charge in [0.2, 0.25) is 0 Å². The number of carbonyl (C=O) groups is 3. The number of nitrogens with zero attached hydrogens (tertiary/aromatic N) is 12. The summed E-state index contributed by atoms with van der Waals surface area (Å²) >= 11 is 36.0. The van der Waals surface area contributed by atoms with Crippen molar-refractivity contribution in [2.75, 3.05) is 0 Å². The monoisotopic (exact) mass is 1280 g/mol. The Morgan fingerprint density at radius 1 is 0.425 bits per heavy atom. The van der Waals surface area contributed by atoms with Gasteiger partial charge in [0, 0.05) is 37.9 Å². The number of hydrogen-bond donors (Lipinski definition) is 3. The molecule has 3 aromatic carbocycles. The first-order valence-electron chi connectivity index (χ1n) is 27.3. The van der Waals surface area contributed by atoms with Crippen molar-refractivity contribution in [3.63, 3.8) is 0 Å². The van der Waals surface area contributed by atoms with Gasteiger partial charge in [0.25, 0.3) is 0 Å². The normalized spacial score (nSPS) is 18.3. The summed E-state index contributed by atoms with van der Waals surface area (Å²) in [5.74, 6) is 0.843. The van der Waals surface area contributed by atoms with Gasteiger partial charge in [0.1, 0.15) is 68.3 Å². The number of aryl methyl sites for hydroxylation is 3. The van der Waals surface area contributed by atoms with Crippen molar-refractivity contribution >= 4 is 104 Å². The third-order valence-electron chi connectivity index (χ3n) is 14.9. The molecule has 6 N–H and O–H groups in total. The minimum atomic E-state index is -0.579. The molecule has 3 atom stereocenters. The van der Waals surface area contributed by atoms with Gasteiger partial charge in [0.05, 0.1) is 66.9 Å². The number of amidine groups is 3. The van der Waals surface area contributed by atoms with E-state index in [2.05, 4.69) is 30.2 Å². The van der Waals surface area contributed by atoms with Gasteiger partial charge >= 0.3 is 0 Å². The summed E-state index contributed by atoms with van der Waals surface area (Å²) in [5.41, 5.74) is 28.1. The number of rotatable bonds is 12. The Balaban J connectivity index is 0.000000144. The summed E-state index contributed by atoms with van der Waals surface area (Å²) in [4.78, 5) is 64.5. The van der Waals surface area contributed by atoms with Crippen LogP contribution >= 0.6 is 69.6 Å². The highest BCUT2D eigenvalue weighted by Crippen LogP contribution is 2.36. The molecule has 0 spiro atoms. The number of fused-ring (bicyclic) bond motifs is 3. The van der Waals surface area contributed by atoms with Crippen LogP contribution in [0.1, 0.15) is 120 Å². The lowest BCUT2D eigenvalue weighted by molar-refractivity contribution is 0.0980. The van der Waals surface area contributed by atoms with Crippen molar-refractivity contribution in [1.82, 2.24) is 44.3 Å². The Labute approximate surface area is 531 Å². The van der Waals surface area contributed by atoms with E-state index in [9.17, 15) is 14.4 Å². The number of pyridine rings is 3. The number of aliphatic imine (C=N–C) groups is 3. The summed E-state index contributed by atoms with van der Waals surface area (Å²) in [6, 6.07) is 33.6. The summed E-state index contributed by atoms with van der Waals surface area (Å²) in [7, 11) is 0. The van der Waals surface area contributed by atoms with Crippen molar-refractivity contribution < 1.29 is 14.4 Å². The molecule has 18 nitrogen and oxygen atoms in total. The van der Waals surface area contributed by atoms with Crippen molar-refractivity contribution in [2.45, 2.75) is 97.1 Å². The fourth-order valence-corrected chi connectivity index (χ4v) is 12.2. The van der Waals surface area contributed by atoms with Crippen LogP contribution in [-0.4, -0.2) is 79.1 Å². The van der Waals surface area contributed by atoms with E-state index >= 15 is 0 Å². The highest BCUT2D eigenvalue weighted by atomic mass is 35.5. The van der Waals surface area contributed by atoms with Gasteiger partial charge < -0.3 is 17.2 Å². The molecule has 87 heavy (non-hydrogen) atoms. The fourth-order valence-electron chi connectivity index (χ4n) is 10.7. The summed E-state index contributed by atoms with van der Waals surface area (Å²) in [6.07, 6.45) is 4.76. The lowest BCUT2D eigenvalue weighted by Gasteiger charge is -2.31. The van der Waals surface area contributed by atoms with E-state index in [0.717, 1.165) is 67.5 Å². The second-order valence-electron chi connectivity index (χ2n) is 22.2. The summed E-state index contributed by atoms with van der Waals surface area (Å²) in [6.45, 7) is 13.5. The van der Waals surface area contributed by atoms with Crippen LogP contribution in [0.4, 0.5) is 0 Å². The molecule has 9 aromatic rings. The lowest BCUT2D eigenvalue weighted by Crippen LogP contribution is -2.37. The van der Waals surface area contributed by atoms with E-state index in [1.807, 2.05) is 147 Å². The second kappa shape index (κ2) is 24.9. The number of halogens is 6. The van der Waals surface area contributed by atoms with Crippen molar-refractivity contribution in [3.8, 4) is 0 Å². The molecule has 3 unspecified atom stereocenters. The van der Waals surface area contributed by atoms with E-state index < -0.39 is 16.6 Å². The predicted octanol–water partition coefficient (Wildman–Crippen LogP) is 11.9. The molecule has 0 fully saturated rings. The predicted molar refractivity (Wildman–Crippen MR) is 341 cm³/mol. The zero-order chi connectivity index (χ0) is 62.3. The molecule has 12 rings (SSSR count). The number of nitrogens with two attached hydrogens (primary N) is 3. The Hall–Kier alpha value is -8.10. The van der Waals surface area contributed by atoms with Crippen LogP contribution in [0.15, 0.2) is 143 Å². The van der Waals surface area contributed by atoms with Gasteiger partial charge in [-0.15, -0.1) is 0 Å². The summed E-state index contributed by atoms with van der Waals surface area (Å²) in [5, 5.41) is 15.5. The van der Waals surface area contributed by atoms with Gasteiger partial charge in [-0.25, -0.2) is 15.0 Å². The number of benzene rings is 3. The van der Waals surface area contributed by atoms with Crippen LogP contribution in [0, 0.1) is 20.8 Å². The van der Waals surface area contributed by atoms with E-state index in [0.29, 0.717) is 52.2 Å². The Morgan fingerprint density at radius 3 is 0.943 bits per heavy atom. The molecule has 0 bridgehead atoms. The fraction of sp³-hybridized carbons (Fsp3) is 0.238. The van der Waals surface area contributed by atoms with Crippen molar-refractivity contribution in [1.29, 1.82) is 0 Å². The molecule has 3 aliphatic heterocycles. The Morgan fingerprint density at radius 2 is 0.690 bits per heavy atom. The average Bonchev–Trinajstić information content (AvgIpc) is 1.87. The first-order valence-corrected chi connectivity index (χ1v) is 29.5. The van der Waals surface area contributed by atoms with Crippen molar-refractivity contribution in [2.24, 2.45) is 32.2 Å². The first kappa shape index (κ1) is 62.0. The van der Waals surface area contributed by atoms with Gasteiger partial charge in [-0.1, -0.05) is 142 Å². The highest BCUT2D eigenvalue weighted by molar-refractivity contribution is 6.37. The lowest BCUT2D eigenvalue weighted by atomic mass is 9.89. The number of Topliss-reactive ketones (excluding diaryl/α,β-unsaturated/α-hetero) is 3.